The van der Waals surface area contributed by atoms with Gasteiger partial charge in [0.25, 0.3) is 11.1 Å². The van der Waals surface area contributed by atoms with Crippen molar-refractivity contribution in [3.8, 4) is 11.5 Å². The third-order valence-corrected chi connectivity index (χ3v) is 5.19. The van der Waals surface area contributed by atoms with Gasteiger partial charge in [-0.25, -0.2) is 4.52 Å². The van der Waals surface area contributed by atoms with Gasteiger partial charge in [0.15, 0.2) is 0 Å². The Morgan fingerprint density at radius 2 is 2.24 bits per heavy atom. The number of rotatable bonds is 5. The second-order valence-corrected chi connectivity index (χ2v) is 7.15. The van der Waals surface area contributed by atoms with Crippen LogP contribution >= 0.6 is 12.6 Å². The van der Waals surface area contributed by atoms with Crippen molar-refractivity contribution in [2.24, 2.45) is 11.1 Å². The molecule has 3 N–H and O–H groups in total. The van der Waals surface area contributed by atoms with Crippen molar-refractivity contribution < 1.29 is 9.21 Å². The Morgan fingerprint density at radius 3 is 2.84 bits per heavy atom. The molecule has 1 atom stereocenters. The van der Waals surface area contributed by atoms with E-state index in [9.17, 15) is 4.79 Å². The van der Waals surface area contributed by atoms with E-state index in [4.69, 9.17) is 10.2 Å². The van der Waals surface area contributed by atoms with Crippen molar-refractivity contribution in [2.45, 2.75) is 38.0 Å². The highest BCUT2D eigenvalue weighted by atomic mass is 32.1. The number of hydrogen-bond donors (Lipinski definition) is 3. The van der Waals surface area contributed by atoms with Gasteiger partial charge in [0.05, 0.1) is 28.5 Å². The molecule has 0 radical (unpaired) electrons. The van der Waals surface area contributed by atoms with Gasteiger partial charge in [-0.1, -0.05) is 19.6 Å². The molecule has 1 aliphatic carbocycles. The predicted molar refractivity (Wildman–Crippen MR) is 94.7 cm³/mol. The highest BCUT2D eigenvalue weighted by Crippen LogP contribution is 2.49. The number of aromatic nitrogens is 4. The maximum atomic E-state index is 11.9. The van der Waals surface area contributed by atoms with E-state index in [1.165, 1.54) is 6.20 Å². The number of carbonyl (C=O) groups excluding carboxylic acids is 1. The minimum absolute atomic E-state index is 0.185. The molecule has 1 unspecified atom stereocenters. The Hall–Kier alpha value is -2.55. The van der Waals surface area contributed by atoms with Crippen LogP contribution in [0.2, 0.25) is 0 Å². The first-order valence-electron chi connectivity index (χ1n) is 7.98. The van der Waals surface area contributed by atoms with Gasteiger partial charge >= 0.3 is 0 Å². The molecule has 8 nitrogen and oxygen atoms in total. The van der Waals surface area contributed by atoms with Gasteiger partial charge in [-0.3, -0.25) is 4.79 Å². The molecule has 25 heavy (non-hydrogen) atoms. The summed E-state index contributed by atoms with van der Waals surface area (Å²) in [6, 6.07) is 2.03. The Balaban J connectivity index is 1.83. The van der Waals surface area contributed by atoms with E-state index in [2.05, 4.69) is 47.1 Å². The zero-order chi connectivity index (χ0) is 17.8. The van der Waals surface area contributed by atoms with Gasteiger partial charge < -0.3 is 15.5 Å². The molecule has 0 aliphatic heterocycles. The van der Waals surface area contributed by atoms with Crippen LogP contribution in [0.25, 0.3) is 17.0 Å². The summed E-state index contributed by atoms with van der Waals surface area (Å²) in [5, 5.41) is 15.6. The number of nitrogens with one attached hydrogen (secondary N) is 1. The van der Waals surface area contributed by atoms with Crippen molar-refractivity contribution in [3.63, 3.8) is 0 Å². The second-order valence-electron chi connectivity index (χ2n) is 6.77. The van der Waals surface area contributed by atoms with Crippen LogP contribution in [0.4, 0.5) is 5.69 Å². The van der Waals surface area contributed by atoms with Crippen LogP contribution in [0.15, 0.2) is 28.1 Å². The number of thiol groups is 1. The minimum atomic E-state index is -0.524. The third-order valence-electron chi connectivity index (χ3n) is 5.01. The number of primary amides is 1. The normalized spacial score (nSPS) is 16.8. The highest BCUT2D eigenvalue weighted by Gasteiger charge is 2.43. The molecule has 3 aromatic heterocycles. The lowest BCUT2D eigenvalue weighted by Gasteiger charge is -2.23. The van der Waals surface area contributed by atoms with E-state index >= 15 is 0 Å². The first-order valence-corrected chi connectivity index (χ1v) is 8.43. The lowest BCUT2D eigenvalue weighted by Crippen LogP contribution is -2.27. The average Bonchev–Trinajstić information content (AvgIpc) is 2.97. The molecule has 0 bridgehead atoms. The van der Waals surface area contributed by atoms with Crippen molar-refractivity contribution in [3.05, 3.63) is 24.0 Å². The standard InChI is InChI=1S/C16H18N6O2S/c1-8(16(2)3-4-16)19-12-10(13(17)23)6-18-22-7-9(5-11(12)22)14-20-21-15(25)24-14/h5-8,19H,3-4H2,1-2H3,(H2,17,23)(H,21,25). The van der Waals surface area contributed by atoms with E-state index in [1.807, 2.05) is 6.07 Å². The molecule has 4 rings (SSSR count). The number of nitrogens with two attached hydrogens (primary N) is 1. The molecule has 9 heteroatoms. The van der Waals surface area contributed by atoms with Crippen molar-refractivity contribution in [1.29, 1.82) is 0 Å². The van der Waals surface area contributed by atoms with Crippen molar-refractivity contribution in [2.75, 3.05) is 5.32 Å². The second kappa shape index (κ2) is 5.48. The van der Waals surface area contributed by atoms with Gasteiger partial charge in [0, 0.05) is 12.2 Å². The molecular weight excluding hydrogens is 340 g/mol. The van der Waals surface area contributed by atoms with Crippen LogP contribution < -0.4 is 11.1 Å². The van der Waals surface area contributed by atoms with Crippen LogP contribution in [0.5, 0.6) is 0 Å². The molecule has 130 valence electrons. The smallest absolute Gasteiger partial charge is 0.273 e. The quantitative estimate of drug-likeness (QED) is 0.604. The van der Waals surface area contributed by atoms with E-state index in [0.29, 0.717) is 22.7 Å². The predicted octanol–water partition coefficient (Wildman–Crippen LogP) is 2.37. The minimum Gasteiger partial charge on any atom is -0.411 e. The van der Waals surface area contributed by atoms with Crippen LogP contribution in [0, 0.1) is 5.41 Å². The summed E-state index contributed by atoms with van der Waals surface area (Å²) in [5.74, 6) is -0.187. The number of fused-ring (bicyclic) bond motifs is 1. The number of nitrogens with zero attached hydrogens (tertiary/aromatic N) is 4. The molecule has 1 fully saturated rings. The van der Waals surface area contributed by atoms with Gasteiger partial charge in [-0.15, -0.1) is 10.2 Å². The van der Waals surface area contributed by atoms with Gasteiger partial charge in [-0.2, -0.15) is 5.10 Å². The lowest BCUT2D eigenvalue weighted by atomic mass is 10.00. The Labute approximate surface area is 149 Å². The summed E-state index contributed by atoms with van der Waals surface area (Å²) in [6.07, 6.45) is 5.55. The summed E-state index contributed by atoms with van der Waals surface area (Å²) >= 11 is 4.03. The Morgan fingerprint density at radius 1 is 1.48 bits per heavy atom. The van der Waals surface area contributed by atoms with E-state index < -0.39 is 5.91 Å². The summed E-state index contributed by atoms with van der Waals surface area (Å²) < 4.78 is 7.01. The number of hydrogen-bond acceptors (Lipinski definition) is 7. The average molecular weight is 358 g/mol. The topological polar surface area (TPSA) is 111 Å². The molecule has 0 saturated heterocycles. The SMILES string of the molecule is CC(Nc1c(C(N)=O)cnn2cc(-c3nnc(S)o3)cc12)C1(C)CC1. The Kier molecular flexibility index (Phi) is 3.50. The van der Waals surface area contributed by atoms with Gasteiger partial charge in [0.2, 0.25) is 5.89 Å². The van der Waals surface area contributed by atoms with Gasteiger partial charge in [-0.05, 0) is 31.2 Å². The van der Waals surface area contributed by atoms with Crippen molar-refractivity contribution in [1.82, 2.24) is 19.8 Å². The van der Waals surface area contributed by atoms with E-state index in [-0.39, 0.29) is 16.7 Å². The van der Waals surface area contributed by atoms with Gasteiger partial charge in [0.1, 0.15) is 0 Å². The van der Waals surface area contributed by atoms with Crippen LogP contribution in [-0.2, 0) is 0 Å². The monoisotopic (exact) mass is 358 g/mol. The highest BCUT2D eigenvalue weighted by molar-refractivity contribution is 7.80. The van der Waals surface area contributed by atoms with Crippen LogP contribution in [-0.4, -0.2) is 31.8 Å². The van der Waals surface area contributed by atoms with Crippen LogP contribution in [0.3, 0.4) is 0 Å². The largest absolute Gasteiger partial charge is 0.411 e. The third kappa shape index (κ3) is 2.74. The van der Waals surface area contributed by atoms with Crippen LogP contribution in [0.1, 0.15) is 37.0 Å². The fraction of sp³-hybridized carbons (Fsp3) is 0.375. The molecular formula is C16H18N6O2S. The molecule has 0 spiro atoms. The van der Waals surface area contributed by atoms with Crippen molar-refractivity contribution >= 4 is 29.7 Å². The number of carbonyl (C=O) groups is 1. The number of amides is 1. The fourth-order valence-electron chi connectivity index (χ4n) is 2.87. The molecule has 3 aromatic rings. The molecule has 1 saturated carbocycles. The Bertz CT molecular complexity index is 974. The summed E-state index contributed by atoms with van der Waals surface area (Å²) in [7, 11) is 0. The summed E-state index contributed by atoms with van der Waals surface area (Å²) in [6.45, 7) is 4.34. The molecule has 1 amide bonds. The first-order chi connectivity index (χ1) is 11.9. The summed E-state index contributed by atoms with van der Waals surface area (Å²) in [4.78, 5) is 11.9. The zero-order valence-corrected chi connectivity index (χ0v) is 14.7. The molecule has 0 aromatic carbocycles. The maximum Gasteiger partial charge on any atom is 0.273 e. The first kappa shape index (κ1) is 15.9. The van der Waals surface area contributed by atoms with E-state index in [1.54, 1.807) is 10.7 Å². The summed E-state index contributed by atoms with van der Waals surface area (Å²) in [5.41, 5.74) is 8.22. The maximum absolute atomic E-state index is 11.9. The van der Waals surface area contributed by atoms with E-state index in [0.717, 1.165) is 18.4 Å². The lowest BCUT2D eigenvalue weighted by molar-refractivity contribution is 0.100. The molecule has 1 aliphatic rings. The number of anilines is 1. The zero-order valence-electron chi connectivity index (χ0n) is 13.9. The molecule has 3 heterocycles. The fourth-order valence-corrected chi connectivity index (χ4v) is 3.00.